The summed E-state index contributed by atoms with van der Waals surface area (Å²) in [6, 6.07) is 24.1. The number of fused-ring (bicyclic) bond motifs is 1. The molecule has 3 aromatic carbocycles. The molecule has 1 aromatic heterocycles. The van der Waals surface area contributed by atoms with Crippen molar-refractivity contribution in [2.75, 3.05) is 4.90 Å². The summed E-state index contributed by atoms with van der Waals surface area (Å²) < 4.78 is 15.0. The number of aromatic nitrogens is 3. The third-order valence-corrected chi connectivity index (χ3v) is 6.40. The second-order valence-electron chi connectivity index (χ2n) is 7.33. The lowest BCUT2D eigenvalue weighted by atomic mass is 10.1. The average Bonchev–Trinajstić information content (AvgIpc) is 3.34. The zero-order valence-electron chi connectivity index (χ0n) is 16.6. The molecule has 5 rings (SSSR count). The lowest BCUT2D eigenvalue weighted by Gasteiger charge is -2.16. The van der Waals surface area contributed by atoms with Crippen molar-refractivity contribution in [1.29, 1.82) is 0 Å². The van der Waals surface area contributed by atoms with Gasteiger partial charge in [-0.05, 0) is 41.5 Å². The van der Waals surface area contributed by atoms with Gasteiger partial charge in [-0.15, -0.1) is 16.9 Å². The number of halogens is 1. The maximum Gasteiger partial charge on any atom is 0.245 e. The Kier molecular flexibility index (Phi) is 5.26. The smallest absolute Gasteiger partial charge is 0.245 e. The third kappa shape index (κ3) is 4.09. The van der Waals surface area contributed by atoms with Crippen molar-refractivity contribution in [2.45, 2.75) is 23.2 Å². The van der Waals surface area contributed by atoms with Crippen molar-refractivity contribution in [3.8, 4) is 0 Å². The van der Waals surface area contributed by atoms with Crippen molar-refractivity contribution < 1.29 is 9.18 Å². The van der Waals surface area contributed by atoms with Crippen molar-refractivity contribution >= 4 is 23.4 Å². The Hall–Kier alpha value is -3.45. The molecule has 0 aliphatic carbocycles. The highest BCUT2D eigenvalue weighted by Crippen LogP contribution is 2.46. The molecule has 0 radical (unpaired) electrons. The summed E-state index contributed by atoms with van der Waals surface area (Å²) in [5.74, 6) is -0.296. The topological polar surface area (TPSA) is 51.0 Å². The van der Waals surface area contributed by atoms with E-state index in [1.54, 1.807) is 21.7 Å². The number of nitrogens with zero attached hydrogens (tertiary/aromatic N) is 4. The minimum Gasteiger partial charge on any atom is -0.305 e. The molecule has 0 saturated carbocycles. The molecule has 0 saturated heterocycles. The molecule has 0 spiro atoms. The minimum atomic E-state index is -0.374. The Balaban J connectivity index is 1.36. The summed E-state index contributed by atoms with van der Waals surface area (Å²) in [4.78, 5) is 15.9. The molecule has 1 aliphatic heterocycles. The van der Waals surface area contributed by atoms with Crippen LogP contribution in [0.2, 0.25) is 0 Å². The molecule has 1 unspecified atom stereocenters. The van der Waals surface area contributed by atoms with Gasteiger partial charge in [0.2, 0.25) is 5.91 Å². The van der Waals surface area contributed by atoms with Crippen molar-refractivity contribution in [3.05, 3.63) is 108 Å². The normalized spacial score (nSPS) is 15.3. The third-order valence-electron chi connectivity index (χ3n) is 5.16. The first-order chi connectivity index (χ1) is 15.2. The van der Waals surface area contributed by atoms with Crippen LogP contribution in [0.15, 0.2) is 90.0 Å². The van der Waals surface area contributed by atoms with Crippen LogP contribution in [0, 0.1) is 5.82 Å². The molecule has 4 aromatic rings. The number of benzene rings is 3. The standard InChI is InChI=1S/C24H19FN4OS/c25-18-10-12-20(13-11-18)31-23-21-8-4-5-9-22(21)29(24(23)30)16-19-15-28(27-26-19)14-17-6-2-1-3-7-17/h1-13,15,23H,14,16H2. The Bertz CT molecular complexity index is 1210. The van der Waals surface area contributed by atoms with Gasteiger partial charge in [-0.3, -0.25) is 4.79 Å². The molecule has 1 aliphatic rings. The molecule has 1 atom stereocenters. The summed E-state index contributed by atoms with van der Waals surface area (Å²) in [7, 11) is 0. The zero-order valence-corrected chi connectivity index (χ0v) is 17.4. The number of hydrogen-bond donors (Lipinski definition) is 0. The lowest BCUT2D eigenvalue weighted by Crippen LogP contribution is -2.27. The van der Waals surface area contributed by atoms with E-state index in [0.717, 1.165) is 27.4 Å². The van der Waals surface area contributed by atoms with E-state index in [1.807, 2.05) is 60.8 Å². The Morgan fingerprint density at radius 3 is 2.45 bits per heavy atom. The predicted octanol–water partition coefficient (Wildman–Crippen LogP) is 4.85. The number of hydrogen-bond acceptors (Lipinski definition) is 4. The van der Waals surface area contributed by atoms with E-state index in [1.165, 1.54) is 23.9 Å². The summed E-state index contributed by atoms with van der Waals surface area (Å²) in [5.41, 5.74) is 3.70. The van der Waals surface area contributed by atoms with Gasteiger partial charge in [0.25, 0.3) is 0 Å². The summed E-state index contributed by atoms with van der Waals surface area (Å²) in [6.45, 7) is 0.979. The number of anilines is 1. The van der Waals surface area contributed by atoms with Gasteiger partial charge in [0.15, 0.2) is 0 Å². The number of carbonyl (C=O) groups is 1. The van der Waals surface area contributed by atoms with E-state index in [2.05, 4.69) is 10.3 Å². The van der Waals surface area contributed by atoms with Gasteiger partial charge >= 0.3 is 0 Å². The van der Waals surface area contributed by atoms with E-state index in [9.17, 15) is 9.18 Å². The number of para-hydroxylation sites is 1. The van der Waals surface area contributed by atoms with Crippen LogP contribution in [0.1, 0.15) is 22.1 Å². The van der Waals surface area contributed by atoms with Crippen LogP contribution in [0.25, 0.3) is 0 Å². The van der Waals surface area contributed by atoms with Crippen LogP contribution in [0.5, 0.6) is 0 Å². The summed E-state index contributed by atoms with van der Waals surface area (Å²) in [6.07, 6.45) is 1.88. The van der Waals surface area contributed by atoms with Crippen molar-refractivity contribution in [2.24, 2.45) is 0 Å². The second-order valence-corrected chi connectivity index (χ2v) is 8.51. The Morgan fingerprint density at radius 2 is 1.65 bits per heavy atom. The number of rotatable bonds is 6. The molecule has 154 valence electrons. The second kappa shape index (κ2) is 8.35. The zero-order chi connectivity index (χ0) is 21.2. The molecule has 2 heterocycles. The van der Waals surface area contributed by atoms with E-state index in [-0.39, 0.29) is 17.0 Å². The van der Waals surface area contributed by atoms with Crippen LogP contribution in [0.4, 0.5) is 10.1 Å². The Morgan fingerprint density at radius 1 is 0.903 bits per heavy atom. The Labute approximate surface area is 183 Å². The highest BCUT2D eigenvalue weighted by Gasteiger charge is 2.38. The lowest BCUT2D eigenvalue weighted by molar-refractivity contribution is -0.117. The van der Waals surface area contributed by atoms with Crippen LogP contribution in [0.3, 0.4) is 0 Å². The molecule has 0 fully saturated rings. The maximum atomic E-state index is 13.3. The van der Waals surface area contributed by atoms with Gasteiger partial charge in [0.05, 0.1) is 19.3 Å². The van der Waals surface area contributed by atoms with Gasteiger partial charge in [-0.2, -0.15) is 0 Å². The summed E-state index contributed by atoms with van der Waals surface area (Å²) >= 11 is 1.43. The van der Waals surface area contributed by atoms with Crippen LogP contribution in [-0.4, -0.2) is 20.9 Å². The van der Waals surface area contributed by atoms with Crippen LogP contribution in [-0.2, 0) is 17.9 Å². The highest BCUT2D eigenvalue weighted by molar-refractivity contribution is 8.00. The minimum absolute atomic E-state index is 0.00636. The van der Waals surface area contributed by atoms with Gasteiger partial charge < -0.3 is 4.90 Å². The van der Waals surface area contributed by atoms with Crippen LogP contribution >= 0.6 is 11.8 Å². The fourth-order valence-corrected chi connectivity index (χ4v) is 4.82. The first kappa shape index (κ1) is 19.5. The number of amides is 1. The highest BCUT2D eigenvalue weighted by atomic mass is 32.2. The largest absolute Gasteiger partial charge is 0.305 e. The molecule has 0 bridgehead atoms. The van der Waals surface area contributed by atoms with E-state index < -0.39 is 0 Å². The van der Waals surface area contributed by atoms with Crippen molar-refractivity contribution in [3.63, 3.8) is 0 Å². The first-order valence-corrected chi connectivity index (χ1v) is 10.8. The maximum absolute atomic E-state index is 13.3. The molecule has 1 amide bonds. The quantitative estimate of drug-likeness (QED) is 0.439. The molecular weight excluding hydrogens is 411 g/mol. The molecule has 31 heavy (non-hydrogen) atoms. The fraction of sp³-hybridized carbons (Fsp3) is 0.125. The first-order valence-electron chi connectivity index (χ1n) is 9.93. The van der Waals surface area contributed by atoms with E-state index in [4.69, 9.17) is 0 Å². The van der Waals surface area contributed by atoms with Crippen LogP contribution < -0.4 is 4.90 Å². The fourth-order valence-electron chi connectivity index (χ4n) is 3.70. The monoisotopic (exact) mass is 430 g/mol. The summed E-state index contributed by atoms with van der Waals surface area (Å²) in [5, 5.41) is 8.12. The molecule has 7 heteroatoms. The average molecular weight is 431 g/mol. The van der Waals surface area contributed by atoms with E-state index in [0.29, 0.717) is 13.1 Å². The SMILES string of the molecule is O=C1C(Sc2ccc(F)cc2)c2ccccc2N1Cc1cn(Cc2ccccc2)nn1. The molecular formula is C24H19FN4OS. The van der Waals surface area contributed by atoms with Gasteiger partial charge in [-0.1, -0.05) is 53.7 Å². The van der Waals surface area contributed by atoms with Gasteiger partial charge in [-0.25, -0.2) is 9.07 Å². The van der Waals surface area contributed by atoms with Gasteiger partial charge in [0.1, 0.15) is 16.8 Å². The molecule has 0 N–H and O–H groups in total. The number of thioether (sulfide) groups is 1. The number of carbonyl (C=O) groups excluding carboxylic acids is 1. The van der Waals surface area contributed by atoms with Crippen molar-refractivity contribution in [1.82, 2.24) is 15.0 Å². The van der Waals surface area contributed by atoms with E-state index >= 15 is 0 Å². The van der Waals surface area contributed by atoms with Gasteiger partial charge in [0, 0.05) is 10.6 Å². The predicted molar refractivity (Wildman–Crippen MR) is 118 cm³/mol. The molecule has 5 nitrogen and oxygen atoms in total.